The van der Waals surface area contributed by atoms with Gasteiger partial charge in [-0.05, 0) is 68.2 Å². The summed E-state index contributed by atoms with van der Waals surface area (Å²) in [4.78, 5) is 8.71. The zero-order valence-electron chi connectivity index (χ0n) is 11.4. The lowest BCUT2D eigenvalue weighted by molar-refractivity contribution is 0.235. The third-order valence-corrected chi connectivity index (χ3v) is 3.42. The molecule has 0 aliphatic heterocycles. The van der Waals surface area contributed by atoms with Gasteiger partial charge in [0.25, 0.3) is 0 Å². The number of halogens is 1. The first kappa shape index (κ1) is 15.6. The minimum absolute atomic E-state index is 0.233. The average Bonchev–Trinajstić information content (AvgIpc) is 2.29. The van der Waals surface area contributed by atoms with Gasteiger partial charge in [0.05, 0.1) is 0 Å². The second-order valence-corrected chi connectivity index (χ2v) is 5.74. The largest absolute Gasteiger partial charge is 0.329 e. The Hall–Kier alpha value is -0.490. The molecule has 0 saturated carbocycles. The molecule has 0 saturated heterocycles. The highest BCUT2D eigenvalue weighted by atomic mass is 79.9. The number of nitrogens with two attached hydrogens (primary N) is 1. The van der Waals surface area contributed by atoms with Crippen molar-refractivity contribution in [2.75, 3.05) is 40.8 Å². The molecule has 0 bridgehead atoms. The third kappa shape index (κ3) is 5.02. The van der Waals surface area contributed by atoms with Crippen molar-refractivity contribution >= 4 is 15.9 Å². The summed E-state index contributed by atoms with van der Waals surface area (Å²) in [6.07, 6.45) is 4.83. The van der Waals surface area contributed by atoms with E-state index in [9.17, 15) is 0 Å². The maximum absolute atomic E-state index is 5.89. The summed E-state index contributed by atoms with van der Waals surface area (Å²) in [5.41, 5.74) is 7.06. The molecule has 1 aromatic heterocycles. The van der Waals surface area contributed by atoms with Crippen LogP contribution in [0.4, 0.5) is 0 Å². The van der Waals surface area contributed by atoms with Crippen LogP contribution in [0.1, 0.15) is 18.0 Å². The van der Waals surface area contributed by atoms with Crippen molar-refractivity contribution in [3.05, 3.63) is 28.5 Å². The van der Waals surface area contributed by atoms with Gasteiger partial charge in [-0.25, -0.2) is 0 Å². The van der Waals surface area contributed by atoms with Gasteiger partial charge in [-0.15, -0.1) is 0 Å². The first-order chi connectivity index (χ1) is 8.54. The Balaban J connectivity index is 2.59. The van der Waals surface area contributed by atoms with E-state index in [-0.39, 0.29) is 6.04 Å². The molecule has 0 aliphatic rings. The molecule has 0 spiro atoms. The molecule has 0 fully saturated rings. The van der Waals surface area contributed by atoms with Crippen molar-refractivity contribution in [1.29, 1.82) is 0 Å². The molecular formula is C13H23BrN4. The van der Waals surface area contributed by atoms with Crippen molar-refractivity contribution < 1.29 is 0 Å². The third-order valence-electron chi connectivity index (χ3n) is 2.98. The zero-order valence-corrected chi connectivity index (χ0v) is 13.0. The average molecular weight is 315 g/mol. The molecular weight excluding hydrogens is 292 g/mol. The Morgan fingerprint density at radius 3 is 2.56 bits per heavy atom. The van der Waals surface area contributed by atoms with E-state index in [1.807, 2.05) is 6.20 Å². The van der Waals surface area contributed by atoms with E-state index in [0.717, 1.165) is 24.0 Å². The van der Waals surface area contributed by atoms with Crippen molar-refractivity contribution in [1.82, 2.24) is 14.8 Å². The van der Waals surface area contributed by atoms with E-state index in [2.05, 4.69) is 57.9 Å². The maximum Gasteiger partial charge on any atom is 0.0483 e. The summed E-state index contributed by atoms with van der Waals surface area (Å²) >= 11 is 3.45. The smallest absolute Gasteiger partial charge is 0.0483 e. The number of rotatable bonds is 7. The highest BCUT2D eigenvalue weighted by molar-refractivity contribution is 9.10. The standard InChI is InChI=1S/C13H23BrN4/c1-17(2)5-4-6-18(3)13(8-15)11-7-12(14)10-16-9-11/h7,9-10,13H,4-6,8,15H2,1-3H3. The van der Waals surface area contributed by atoms with Crippen LogP contribution >= 0.6 is 15.9 Å². The van der Waals surface area contributed by atoms with E-state index in [1.165, 1.54) is 5.56 Å². The minimum Gasteiger partial charge on any atom is -0.329 e. The zero-order chi connectivity index (χ0) is 13.5. The Kier molecular flexibility index (Phi) is 6.78. The van der Waals surface area contributed by atoms with Gasteiger partial charge < -0.3 is 10.6 Å². The number of hydrogen-bond donors (Lipinski definition) is 1. The number of aromatic nitrogens is 1. The van der Waals surface area contributed by atoms with Crippen LogP contribution in [0, 0.1) is 0 Å². The predicted octanol–water partition coefficient (Wildman–Crippen LogP) is 1.73. The second kappa shape index (κ2) is 7.84. The Morgan fingerprint density at radius 2 is 2.00 bits per heavy atom. The summed E-state index contributed by atoms with van der Waals surface area (Å²) in [6, 6.07) is 2.32. The summed E-state index contributed by atoms with van der Waals surface area (Å²) in [7, 11) is 6.31. The van der Waals surface area contributed by atoms with Crippen LogP contribution < -0.4 is 5.73 Å². The minimum atomic E-state index is 0.233. The fraction of sp³-hybridized carbons (Fsp3) is 0.615. The van der Waals surface area contributed by atoms with Crippen LogP contribution in [0.25, 0.3) is 0 Å². The molecule has 1 heterocycles. The summed E-state index contributed by atoms with van der Waals surface area (Å²) in [5, 5.41) is 0. The molecule has 1 rings (SSSR count). The van der Waals surface area contributed by atoms with E-state index in [0.29, 0.717) is 6.54 Å². The van der Waals surface area contributed by atoms with Gasteiger partial charge in [0.15, 0.2) is 0 Å². The Morgan fingerprint density at radius 1 is 1.28 bits per heavy atom. The fourth-order valence-corrected chi connectivity index (χ4v) is 2.36. The molecule has 4 nitrogen and oxygen atoms in total. The predicted molar refractivity (Wildman–Crippen MR) is 79.5 cm³/mol. The number of hydrogen-bond acceptors (Lipinski definition) is 4. The highest BCUT2D eigenvalue weighted by Crippen LogP contribution is 2.20. The van der Waals surface area contributed by atoms with Crippen molar-refractivity contribution in [2.24, 2.45) is 5.73 Å². The van der Waals surface area contributed by atoms with Crippen LogP contribution in [-0.4, -0.2) is 55.6 Å². The topological polar surface area (TPSA) is 45.4 Å². The SMILES string of the molecule is CN(C)CCCN(C)C(CN)c1cncc(Br)c1. The number of likely N-dealkylation sites (N-methyl/N-ethyl adjacent to an activating group) is 1. The van der Waals surface area contributed by atoms with Crippen LogP contribution in [-0.2, 0) is 0 Å². The first-order valence-electron chi connectivity index (χ1n) is 6.20. The van der Waals surface area contributed by atoms with Crippen LogP contribution in [0.2, 0.25) is 0 Å². The van der Waals surface area contributed by atoms with E-state index < -0.39 is 0 Å². The highest BCUT2D eigenvalue weighted by Gasteiger charge is 2.15. The van der Waals surface area contributed by atoms with Gasteiger partial charge in [-0.3, -0.25) is 9.88 Å². The van der Waals surface area contributed by atoms with E-state index in [1.54, 1.807) is 6.20 Å². The van der Waals surface area contributed by atoms with Crippen LogP contribution in [0.15, 0.2) is 22.9 Å². The normalized spacial score (nSPS) is 13.3. The van der Waals surface area contributed by atoms with Gasteiger partial charge in [-0.1, -0.05) is 0 Å². The first-order valence-corrected chi connectivity index (χ1v) is 6.99. The Labute approximate surface area is 118 Å². The molecule has 5 heteroatoms. The molecule has 0 aromatic carbocycles. The molecule has 1 unspecified atom stereocenters. The van der Waals surface area contributed by atoms with Crippen LogP contribution in [0.3, 0.4) is 0 Å². The number of pyridine rings is 1. The van der Waals surface area contributed by atoms with Crippen molar-refractivity contribution in [3.8, 4) is 0 Å². The Bertz CT molecular complexity index is 357. The van der Waals surface area contributed by atoms with Gasteiger partial charge in [-0.2, -0.15) is 0 Å². The van der Waals surface area contributed by atoms with Gasteiger partial charge in [0.1, 0.15) is 0 Å². The monoisotopic (exact) mass is 314 g/mol. The molecule has 2 N–H and O–H groups in total. The lowest BCUT2D eigenvalue weighted by atomic mass is 10.1. The maximum atomic E-state index is 5.89. The molecule has 102 valence electrons. The quantitative estimate of drug-likeness (QED) is 0.832. The molecule has 0 amide bonds. The molecule has 18 heavy (non-hydrogen) atoms. The van der Waals surface area contributed by atoms with Gasteiger partial charge >= 0.3 is 0 Å². The lowest BCUT2D eigenvalue weighted by Gasteiger charge is -2.27. The molecule has 1 atom stereocenters. The number of nitrogens with zero attached hydrogens (tertiary/aromatic N) is 3. The summed E-state index contributed by atoms with van der Waals surface area (Å²) in [5.74, 6) is 0. The lowest BCUT2D eigenvalue weighted by Crippen LogP contribution is -2.32. The second-order valence-electron chi connectivity index (χ2n) is 4.83. The molecule has 0 radical (unpaired) electrons. The summed E-state index contributed by atoms with van der Waals surface area (Å²) < 4.78 is 1.00. The summed E-state index contributed by atoms with van der Waals surface area (Å²) in [6.45, 7) is 2.74. The van der Waals surface area contributed by atoms with Gasteiger partial charge in [0.2, 0.25) is 0 Å². The fourth-order valence-electron chi connectivity index (χ4n) is 1.97. The van der Waals surface area contributed by atoms with Gasteiger partial charge in [0, 0.05) is 29.5 Å². The van der Waals surface area contributed by atoms with Crippen molar-refractivity contribution in [2.45, 2.75) is 12.5 Å². The van der Waals surface area contributed by atoms with E-state index in [4.69, 9.17) is 5.73 Å². The van der Waals surface area contributed by atoms with Crippen molar-refractivity contribution in [3.63, 3.8) is 0 Å². The molecule has 1 aromatic rings. The molecule has 0 aliphatic carbocycles. The van der Waals surface area contributed by atoms with E-state index >= 15 is 0 Å². The van der Waals surface area contributed by atoms with Crippen LogP contribution in [0.5, 0.6) is 0 Å².